The number of benzene rings is 2. The number of hydrogen-bond acceptors (Lipinski definition) is 3. The Morgan fingerprint density at radius 2 is 2.03 bits per heavy atom. The molecule has 0 radical (unpaired) electrons. The number of rotatable bonds is 5. The number of nitrogens with one attached hydrogen (secondary N) is 2. The summed E-state index contributed by atoms with van der Waals surface area (Å²) in [5, 5.41) is 4.95. The molecule has 0 saturated carbocycles. The van der Waals surface area contributed by atoms with E-state index in [1.807, 2.05) is 42.2 Å². The van der Waals surface area contributed by atoms with E-state index in [-0.39, 0.29) is 11.7 Å². The van der Waals surface area contributed by atoms with Crippen LogP contribution in [0.4, 0.5) is 5.69 Å². The van der Waals surface area contributed by atoms with E-state index < -0.39 is 0 Å². The highest BCUT2D eigenvalue weighted by Gasteiger charge is 2.22. The number of anilines is 1. The number of thiocarbonyl (C=S) groups is 1. The molecule has 5 nitrogen and oxygen atoms in total. The molecule has 2 aromatic carbocycles. The van der Waals surface area contributed by atoms with Crippen molar-refractivity contribution in [2.24, 2.45) is 0 Å². The van der Waals surface area contributed by atoms with Gasteiger partial charge in [0.15, 0.2) is 5.11 Å². The van der Waals surface area contributed by atoms with Crippen LogP contribution in [-0.4, -0.2) is 34.3 Å². The smallest absolute Gasteiger partial charge is 0.253 e. The van der Waals surface area contributed by atoms with Crippen LogP contribution in [-0.2, 0) is 11.3 Å². The Kier molecular flexibility index (Phi) is 6.16. The van der Waals surface area contributed by atoms with E-state index in [0.29, 0.717) is 23.8 Å². The first-order valence-corrected chi connectivity index (χ1v) is 10.8. The van der Waals surface area contributed by atoms with Gasteiger partial charge in [-0.1, -0.05) is 24.3 Å². The second-order valence-corrected chi connectivity index (χ2v) is 8.42. The summed E-state index contributed by atoms with van der Waals surface area (Å²) in [4.78, 5) is 17.8. The molecule has 0 spiro atoms. The van der Waals surface area contributed by atoms with Crippen molar-refractivity contribution in [2.45, 2.75) is 39.3 Å². The van der Waals surface area contributed by atoms with E-state index >= 15 is 0 Å². The standard InChI is InChI=1S/C24H27N3O2S/c1-16-5-3-6-20(11-16)25-24(30)27(15-21-7-4-10-29-21)14-19-13-18-9-8-17(2)12-22(18)26-23(19)28/h3,5-6,8-9,11-13,21H,4,7,10,14-15H2,1-2H3,(H,25,30)(H,26,28). The fraction of sp³-hybridized carbons (Fsp3) is 0.333. The van der Waals surface area contributed by atoms with Crippen molar-refractivity contribution in [3.63, 3.8) is 0 Å². The summed E-state index contributed by atoms with van der Waals surface area (Å²) in [7, 11) is 0. The molecule has 2 heterocycles. The lowest BCUT2D eigenvalue weighted by molar-refractivity contribution is 0.0904. The lowest BCUT2D eigenvalue weighted by Crippen LogP contribution is -2.40. The van der Waals surface area contributed by atoms with Gasteiger partial charge in [-0.25, -0.2) is 0 Å². The van der Waals surface area contributed by atoms with Crippen LogP contribution in [0, 0.1) is 13.8 Å². The number of H-pyrrole nitrogens is 1. The molecule has 0 bridgehead atoms. The van der Waals surface area contributed by atoms with E-state index in [1.54, 1.807) is 0 Å². The normalized spacial score (nSPS) is 16.0. The van der Waals surface area contributed by atoms with E-state index in [4.69, 9.17) is 17.0 Å². The molecule has 30 heavy (non-hydrogen) atoms. The van der Waals surface area contributed by atoms with Gasteiger partial charge in [-0.2, -0.15) is 0 Å². The van der Waals surface area contributed by atoms with Gasteiger partial charge >= 0.3 is 0 Å². The number of aromatic amines is 1. The number of nitrogens with zero attached hydrogens (tertiary/aromatic N) is 1. The number of fused-ring (bicyclic) bond motifs is 1. The first-order chi connectivity index (χ1) is 14.5. The molecule has 1 atom stereocenters. The van der Waals surface area contributed by atoms with Gasteiger partial charge in [-0.3, -0.25) is 4.79 Å². The lowest BCUT2D eigenvalue weighted by atomic mass is 10.1. The first kappa shape index (κ1) is 20.6. The van der Waals surface area contributed by atoms with Crippen LogP contribution in [0.5, 0.6) is 0 Å². The van der Waals surface area contributed by atoms with Crippen LogP contribution >= 0.6 is 12.2 Å². The monoisotopic (exact) mass is 421 g/mol. The van der Waals surface area contributed by atoms with Gasteiger partial charge in [0, 0.05) is 29.9 Å². The van der Waals surface area contributed by atoms with Crippen molar-refractivity contribution in [2.75, 3.05) is 18.5 Å². The molecule has 156 valence electrons. The Morgan fingerprint density at radius 3 is 2.80 bits per heavy atom. The third kappa shape index (κ3) is 4.89. The van der Waals surface area contributed by atoms with Gasteiger partial charge in [-0.15, -0.1) is 0 Å². The molecule has 0 amide bonds. The van der Waals surface area contributed by atoms with Gasteiger partial charge < -0.3 is 19.9 Å². The van der Waals surface area contributed by atoms with Crippen LogP contribution in [0.1, 0.15) is 29.5 Å². The maximum Gasteiger partial charge on any atom is 0.253 e. The molecular formula is C24H27N3O2S. The zero-order chi connectivity index (χ0) is 21.1. The molecule has 1 fully saturated rings. The second-order valence-electron chi connectivity index (χ2n) is 8.03. The molecule has 2 N–H and O–H groups in total. The van der Waals surface area contributed by atoms with E-state index in [9.17, 15) is 4.79 Å². The Labute approximate surface area is 182 Å². The summed E-state index contributed by atoms with van der Waals surface area (Å²) in [5.74, 6) is 0. The lowest BCUT2D eigenvalue weighted by Gasteiger charge is -2.28. The van der Waals surface area contributed by atoms with Crippen molar-refractivity contribution in [1.82, 2.24) is 9.88 Å². The summed E-state index contributed by atoms with van der Waals surface area (Å²) < 4.78 is 5.84. The summed E-state index contributed by atoms with van der Waals surface area (Å²) >= 11 is 5.74. The predicted octanol–water partition coefficient (Wildman–Crippen LogP) is 4.52. The molecule has 1 aromatic heterocycles. The van der Waals surface area contributed by atoms with Crippen molar-refractivity contribution >= 4 is 33.9 Å². The molecular weight excluding hydrogens is 394 g/mol. The number of hydrogen-bond donors (Lipinski definition) is 2. The van der Waals surface area contributed by atoms with Gasteiger partial charge in [0.1, 0.15) is 0 Å². The summed E-state index contributed by atoms with van der Waals surface area (Å²) in [5.41, 5.74) is 4.70. The minimum atomic E-state index is -0.0798. The Hall–Kier alpha value is -2.70. The summed E-state index contributed by atoms with van der Waals surface area (Å²) in [6, 6.07) is 16.2. The van der Waals surface area contributed by atoms with E-state index in [2.05, 4.69) is 35.4 Å². The highest BCUT2D eigenvalue weighted by molar-refractivity contribution is 7.80. The molecule has 1 saturated heterocycles. The van der Waals surface area contributed by atoms with Crippen LogP contribution < -0.4 is 10.9 Å². The molecule has 3 aromatic rings. The minimum Gasteiger partial charge on any atom is -0.376 e. The molecule has 1 aliphatic heterocycles. The quantitative estimate of drug-likeness (QED) is 0.593. The number of pyridine rings is 1. The molecule has 0 aliphatic carbocycles. The number of aromatic nitrogens is 1. The van der Waals surface area contributed by atoms with Crippen LogP contribution in [0.2, 0.25) is 0 Å². The van der Waals surface area contributed by atoms with Crippen molar-refractivity contribution in [3.05, 3.63) is 75.6 Å². The summed E-state index contributed by atoms with van der Waals surface area (Å²) in [6.45, 7) is 5.94. The number of aryl methyl sites for hydroxylation is 2. The van der Waals surface area contributed by atoms with Gasteiger partial charge in [-0.05, 0) is 79.7 Å². The average Bonchev–Trinajstić information content (AvgIpc) is 3.21. The fourth-order valence-corrected chi connectivity index (χ4v) is 4.12. The topological polar surface area (TPSA) is 57.4 Å². The van der Waals surface area contributed by atoms with Crippen LogP contribution in [0.3, 0.4) is 0 Å². The van der Waals surface area contributed by atoms with Gasteiger partial charge in [0.25, 0.3) is 5.56 Å². The van der Waals surface area contributed by atoms with Crippen molar-refractivity contribution < 1.29 is 4.74 Å². The maximum absolute atomic E-state index is 12.8. The largest absolute Gasteiger partial charge is 0.376 e. The zero-order valence-electron chi connectivity index (χ0n) is 17.4. The number of ether oxygens (including phenoxy) is 1. The predicted molar refractivity (Wildman–Crippen MR) is 126 cm³/mol. The first-order valence-electron chi connectivity index (χ1n) is 10.3. The van der Waals surface area contributed by atoms with Crippen LogP contribution in [0.25, 0.3) is 10.9 Å². The van der Waals surface area contributed by atoms with Gasteiger partial charge in [0.2, 0.25) is 0 Å². The average molecular weight is 422 g/mol. The highest BCUT2D eigenvalue weighted by Crippen LogP contribution is 2.18. The van der Waals surface area contributed by atoms with Crippen molar-refractivity contribution in [1.29, 1.82) is 0 Å². The van der Waals surface area contributed by atoms with E-state index in [1.165, 1.54) is 0 Å². The SMILES string of the molecule is Cc1cccc(NC(=S)N(Cc2cc3ccc(C)cc3[nH]c2=O)CC2CCCO2)c1. The highest BCUT2D eigenvalue weighted by atomic mass is 32.1. The molecule has 4 rings (SSSR count). The molecule has 1 aliphatic rings. The van der Waals surface area contributed by atoms with E-state index in [0.717, 1.165) is 47.2 Å². The van der Waals surface area contributed by atoms with Gasteiger partial charge in [0.05, 0.1) is 12.6 Å². The second kappa shape index (κ2) is 8.98. The minimum absolute atomic E-state index is 0.0798. The van der Waals surface area contributed by atoms with Crippen molar-refractivity contribution in [3.8, 4) is 0 Å². The zero-order valence-corrected chi connectivity index (χ0v) is 18.2. The fourth-order valence-electron chi connectivity index (χ4n) is 3.86. The van der Waals surface area contributed by atoms with Crippen LogP contribution in [0.15, 0.2) is 53.3 Å². The third-order valence-electron chi connectivity index (χ3n) is 5.44. The third-order valence-corrected chi connectivity index (χ3v) is 5.80. The maximum atomic E-state index is 12.8. The molecule has 6 heteroatoms. The Balaban J connectivity index is 1.59. The molecule has 1 unspecified atom stereocenters. The Bertz CT molecular complexity index is 1120. The summed E-state index contributed by atoms with van der Waals surface area (Å²) in [6.07, 6.45) is 2.20. The Morgan fingerprint density at radius 1 is 1.20 bits per heavy atom.